The molecule has 0 spiro atoms. The SMILES string of the molecule is CN1CN([C@@H]2O[C@H](CO)[C@@H](O)[C@H]2O)c2nc(N)n(C)c(=O)c21.[I-]. The molecule has 1 saturated heterocycles. The molecule has 0 amide bonds. The van der Waals surface area contributed by atoms with Gasteiger partial charge in [-0.3, -0.25) is 9.36 Å². The van der Waals surface area contributed by atoms with Crippen molar-refractivity contribution in [3.8, 4) is 0 Å². The second kappa shape index (κ2) is 6.39. The molecule has 3 heterocycles. The van der Waals surface area contributed by atoms with E-state index in [1.807, 2.05) is 0 Å². The Labute approximate surface area is 149 Å². The van der Waals surface area contributed by atoms with Crippen molar-refractivity contribution in [1.82, 2.24) is 9.55 Å². The van der Waals surface area contributed by atoms with Gasteiger partial charge < -0.3 is 59.6 Å². The molecule has 0 aliphatic carbocycles. The van der Waals surface area contributed by atoms with Gasteiger partial charge in [-0.25, -0.2) is 0 Å². The fraction of sp³-hybridized carbons (Fsp3) is 0.667. The molecule has 5 N–H and O–H groups in total. The van der Waals surface area contributed by atoms with Crippen LogP contribution in [0.4, 0.5) is 17.5 Å². The number of aliphatic hydroxyl groups is 3. The molecule has 10 nitrogen and oxygen atoms in total. The van der Waals surface area contributed by atoms with Crippen molar-refractivity contribution in [1.29, 1.82) is 0 Å². The maximum absolute atomic E-state index is 12.3. The molecule has 1 fully saturated rings. The summed E-state index contributed by atoms with van der Waals surface area (Å²) in [5, 5.41) is 29.2. The lowest BCUT2D eigenvalue weighted by atomic mass is 10.1. The lowest BCUT2D eigenvalue weighted by Crippen LogP contribution is -3.00. The van der Waals surface area contributed by atoms with E-state index in [0.717, 1.165) is 0 Å². The topological polar surface area (TPSA) is 137 Å². The predicted octanol–water partition coefficient (Wildman–Crippen LogP) is -5.98. The molecule has 0 aromatic carbocycles. The van der Waals surface area contributed by atoms with E-state index < -0.39 is 31.1 Å². The molecule has 0 saturated carbocycles. The van der Waals surface area contributed by atoms with Gasteiger partial charge in [0.1, 0.15) is 24.0 Å². The fourth-order valence-electron chi connectivity index (χ4n) is 2.83. The van der Waals surface area contributed by atoms with Gasteiger partial charge in [0.2, 0.25) is 5.95 Å². The Balaban J connectivity index is 0.00000192. The van der Waals surface area contributed by atoms with Gasteiger partial charge >= 0.3 is 0 Å². The number of nitrogen functional groups attached to an aromatic ring is 1. The number of halogens is 1. The molecule has 0 bridgehead atoms. The zero-order valence-corrected chi connectivity index (χ0v) is 14.8. The van der Waals surface area contributed by atoms with Crippen molar-refractivity contribution in [3.63, 3.8) is 0 Å². The average molecular weight is 440 g/mol. The van der Waals surface area contributed by atoms with Gasteiger partial charge in [-0.1, -0.05) is 0 Å². The van der Waals surface area contributed by atoms with E-state index in [4.69, 9.17) is 10.5 Å². The number of aromatic nitrogens is 2. The lowest BCUT2D eigenvalue weighted by Gasteiger charge is -2.27. The van der Waals surface area contributed by atoms with Gasteiger partial charge in [-0.15, -0.1) is 0 Å². The smallest absolute Gasteiger partial charge is 0.280 e. The Morgan fingerprint density at radius 2 is 2.00 bits per heavy atom. The summed E-state index contributed by atoms with van der Waals surface area (Å²) < 4.78 is 6.73. The number of rotatable bonds is 2. The van der Waals surface area contributed by atoms with Crippen LogP contribution in [-0.4, -0.2) is 69.7 Å². The Morgan fingerprint density at radius 3 is 2.57 bits per heavy atom. The number of anilines is 3. The third-order valence-electron chi connectivity index (χ3n) is 4.13. The van der Waals surface area contributed by atoms with Gasteiger partial charge in [0.05, 0.1) is 13.3 Å². The van der Waals surface area contributed by atoms with E-state index in [1.54, 1.807) is 16.8 Å². The third kappa shape index (κ3) is 2.65. The summed E-state index contributed by atoms with van der Waals surface area (Å²) in [5.74, 6) is 0.328. The highest BCUT2D eigenvalue weighted by molar-refractivity contribution is 5.72. The van der Waals surface area contributed by atoms with Crippen LogP contribution in [-0.2, 0) is 11.8 Å². The summed E-state index contributed by atoms with van der Waals surface area (Å²) in [7, 11) is 3.23. The van der Waals surface area contributed by atoms with Crippen LogP contribution in [0, 0.1) is 0 Å². The highest BCUT2D eigenvalue weighted by atomic mass is 127. The summed E-state index contributed by atoms with van der Waals surface area (Å²) in [6.07, 6.45) is -4.26. The molecule has 1 aromatic heterocycles. The Bertz CT molecular complexity index is 655. The van der Waals surface area contributed by atoms with Crippen LogP contribution < -0.4 is 45.1 Å². The number of nitrogens with zero attached hydrogens (tertiary/aromatic N) is 4. The minimum atomic E-state index is -1.23. The molecule has 2 aliphatic heterocycles. The summed E-state index contributed by atoms with van der Waals surface area (Å²) in [5.41, 5.74) is 5.77. The number of hydrogen-bond acceptors (Lipinski definition) is 9. The first-order chi connectivity index (χ1) is 10.4. The van der Waals surface area contributed by atoms with Crippen LogP contribution in [0.5, 0.6) is 0 Å². The first kappa shape index (κ1) is 18.2. The normalized spacial score (nSPS) is 29.6. The van der Waals surface area contributed by atoms with E-state index in [1.165, 1.54) is 11.6 Å². The number of hydrogen-bond donors (Lipinski definition) is 4. The standard InChI is InChI=1S/C12H19N5O5.HI/c1-15-4-17(11-8(20)7(19)5(3-18)22-11)9-6(15)10(21)16(2)12(13)14-9;/h5,7-8,11,18-20H,3-4H2,1-2H3,(H2,13,14);1H/p-1/t5-,7-,8-,11-;/m1./s1. The largest absolute Gasteiger partial charge is 1.00 e. The number of ether oxygens (including phenoxy) is 1. The summed E-state index contributed by atoms with van der Waals surface area (Å²) >= 11 is 0. The Hall–Kier alpha value is -1.15. The molecule has 11 heteroatoms. The van der Waals surface area contributed by atoms with E-state index in [2.05, 4.69) is 4.98 Å². The molecule has 3 rings (SSSR count). The van der Waals surface area contributed by atoms with Crippen molar-refractivity contribution in [3.05, 3.63) is 10.4 Å². The molecular formula is C12H19IN5O5-. The van der Waals surface area contributed by atoms with Crippen LogP contribution in [0.2, 0.25) is 0 Å². The zero-order valence-electron chi connectivity index (χ0n) is 12.6. The van der Waals surface area contributed by atoms with Crippen molar-refractivity contribution in [2.45, 2.75) is 24.5 Å². The van der Waals surface area contributed by atoms with Crippen molar-refractivity contribution < 1.29 is 44.0 Å². The van der Waals surface area contributed by atoms with E-state index >= 15 is 0 Å². The fourth-order valence-corrected chi connectivity index (χ4v) is 2.83. The first-order valence-corrected chi connectivity index (χ1v) is 6.83. The predicted molar refractivity (Wildman–Crippen MR) is 77.4 cm³/mol. The lowest BCUT2D eigenvalue weighted by molar-refractivity contribution is -0.0221. The maximum Gasteiger partial charge on any atom is 0.280 e. The molecular weight excluding hydrogens is 421 g/mol. The highest BCUT2D eigenvalue weighted by Gasteiger charge is 2.48. The quantitative estimate of drug-likeness (QED) is 0.332. The Kier molecular flexibility index (Phi) is 5.06. The van der Waals surface area contributed by atoms with Gasteiger partial charge in [-0.2, -0.15) is 4.98 Å². The van der Waals surface area contributed by atoms with Gasteiger partial charge in [0.25, 0.3) is 5.56 Å². The molecule has 2 aliphatic rings. The van der Waals surface area contributed by atoms with Gasteiger partial charge in [-0.05, 0) is 0 Å². The number of fused-ring (bicyclic) bond motifs is 1. The summed E-state index contributed by atoms with van der Waals surface area (Å²) in [6, 6.07) is 0. The number of nitrogens with two attached hydrogens (primary N) is 1. The Morgan fingerprint density at radius 1 is 1.35 bits per heavy atom. The van der Waals surface area contributed by atoms with Gasteiger partial charge in [0, 0.05) is 14.1 Å². The summed E-state index contributed by atoms with van der Waals surface area (Å²) in [4.78, 5) is 19.7. The monoisotopic (exact) mass is 440 g/mol. The zero-order chi connectivity index (χ0) is 16.2. The van der Waals surface area contributed by atoms with E-state index in [-0.39, 0.29) is 48.0 Å². The maximum atomic E-state index is 12.3. The summed E-state index contributed by atoms with van der Waals surface area (Å²) in [6.45, 7) is -0.176. The molecule has 0 unspecified atom stereocenters. The van der Waals surface area contributed by atoms with Crippen LogP contribution in [0.3, 0.4) is 0 Å². The minimum Gasteiger partial charge on any atom is -1.00 e. The van der Waals surface area contributed by atoms with Crippen molar-refractivity contribution in [2.24, 2.45) is 7.05 Å². The van der Waals surface area contributed by atoms with Crippen LogP contribution in [0.15, 0.2) is 4.79 Å². The highest BCUT2D eigenvalue weighted by Crippen LogP contribution is 2.36. The van der Waals surface area contributed by atoms with E-state index in [9.17, 15) is 20.1 Å². The molecule has 23 heavy (non-hydrogen) atoms. The number of aliphatic hydroxyl groups excluding tert-OH is 3. The molecule has 0 radical (unpaired) electrons. The van der Waals surface area contributed by atoms with Crippen molar-refractivity contribution >= 4 is 17.5 Å². The molecule has 1 aromatic rings. The first-order valence-electron chi connectivity index (χ1n) is 6.83. The average Bonchev–Trinajstić information content (AvgIpc) is 2.95. The van der Waals surface area contributed by atoms with Gasteiger partial charge in [0.15, 0.2) is 12.0 Å². The molecule has 130 valence electrons. The minimum absolute atomic E-state index is 0. The van der Waals surface area contributed by atoms with Crippen LogP contribution >= 0.6 is 0 Å². The van der Waals surface area contributed by atoms with Crippen molar-refractivity contribution in [2.75, 3.05) is 35.9 Å². The molecule has 4 atom stereocenters. The van der Waals surface area contributed by atoms with Crippen LogP contribution in [0.25, 0.3) is 0 Å². The third-order valence-corrected chi connectivity index (χ3v) is 4.13. The second-order valence-corrected chi connectivity index (χ2v) is 5.54. The second-order valence-electron chi connectivity index (χ2n) is 5.54. The van der Waals surface area contributed by atoms with E-state index in [0.29, 0.717) is 5.69 Å². The van der Waals surface area contributed by atoms with Crippen LogP contribution in [0.1, 0.15) is 0 Å².